The van der Waals surface area contributed by atoms with Crippen molar-refractivity contribution in [2.45, 2.75) is 69.6 Å². The molecule has 308 valence electrons. The summed E-state index contributed by atoms with van der Waals surface area (Å²) in [5.41, 5.74) is 5.41. The largest absolute Gasteiger partial charge is 0.508 e. The maximum atomic E-state index is 16.4. The predicted octanol–water partition coefficient (Wildman–Crippen LogP) is 6.43. The molecule has 5 aliphatic heterocycles. The van der Waals surface area contributed by atoms with Crippen molar-refractivity contribution in [1.29, 1.82) is 0 Å². The number of anilines is 2. The number of hydrogen-bond donors (Lipinski definition) is 2. The molecule has 0 aromatic heterocycles. The van der Waals surface area contributed by atoms with Crippen molar-refractivity contribution in [3.8, 4) is 17.2 Å². The number of benzene rings is 4. The molecule has 0 aliphatic carbocycles. The molecular weight excluding hydrogens is 750 g/mol. The van der Waals surface area contributed by atoms with Crippen LogP contribution in [0.25, 0.3) is 0 Å². The Morgan fingerprint density at radius 1 is 0.864 bits per heavy atom. The molecule has 0 spiro atoms. The number of nitrogens with one attached hydrogen (secondary N) is 1. The number of phenols is 1. The standard InChI is InChI=1S/C47H52FN5O6/c1-47(2)44(31-5-4-6-35(24-31)58-3)43(37-11-9-34(54)26-41(37)59-47)30-7-12-39(38(48)25-30)52-17-15-29(16-18-52)27-50-19-21-51(22-20-50)33-8-10-36-32(23-33)28-53(46(36)57)40-13-14-42(55)49-45(40)56/h4-12,23-26,29,40,43-44,54H,13-22,27-28H2,1-3H3,(H,49,55,56)/t40?,43-,44?/m1/s1. The Morgan fingerprint density at radius 3 is 2.41 bits per heavy atom. The number of amides is 3. The summed E-state index contributed by atoms with van der Waals surface area (Å²) in [4.78, 5) is 46.0. The van der Waals surface area contributed by atoms with Crippen LogP contribution in [-0.2, 0) is 16.1 Å². The van der Waals surface area contributed by atoms with Crippen LogP contribution in [0.4, 0.5) is 15.8 Å². The maximum absolute atomic E-state index is 16.4. The minimum Gasteiger partial charge on any atom is -0.508 e. The Bertz CT molecular complexity index is 2280. The Hall–Kier alpha value is -5.62. The Labute approximate surface area is 344 Å². The fourth-order valence-electron chi connectivity index (χ4n) is 10.2. The number of halogens is 1. The van der Waals surface area contributed by atoms with Gasteiger partial charge in [-0.1, -0.05) is 24.3 Å². The van der Waals surface area contributed by atoms with Gasteiger partial charge in [0, 0.05) is 93.5 Å². The molecule has 4 aromatic rings. The number of piperazine rings is 1. The SMILES string of the molecule is COc1cccc(C2[C@H](c3ccc(N4CCC(CN5CCN(c6ccc7c(c6)CN(C6CCC(=O)NC6=O)C7=O)CC5)CC4)c(F)c3)c3ccc(O)cc3OC2(C)C)c1. The molecule has 0 saturated carbocycles. The first-order valence-electron chi connectivity index (χ1n) is 20.9. The van der Waals surface area contributed by atoms with E-state index in [9.17, 15) is 19.5 Å². The second kappa shape index (κ2) is 15.5. The number of piperidine rings is 2. The second-order valence-corrected chi connectivity index (χ2v) is 17.3. The third-order valence-electron chi connectivity index (χ3n) is 13.3. The van der Waals surface area contributed by atoms with E-state index >= 15 is 4.39 Å². The number of carbonyl (C=O) groups is 3. The van der Waals surface area contributed by atoms with Crippen LogP contribution in [0.5, 0.6) is 17.2 Å². The zero-order chi connectivity index (χ0) is 41.0. The fraction of sp³-hybridized carbons (Fsp3) is 0.426. The van der Waals surface area contributed by atoms with Crippen LogP contribution in [0.2, 0.25) is 0 Å². The van der Waals surface area contributed by atoms with Crippen molar-refractivity contribution in [2.24, 2.45) is 5.92 Å². The van der Waals surface area contributed by atoms with E-state index in [1.807, 2.05) is 56.3 Å². The van der Waals surface area contributed by atoms with E-state index in [0.717, 1.165) is 92.3 Å². The number of phenolic OH excluding ortho intramolecular Hbond substituents is 1. The Morgan fingerprint density at radius 2 is 1.66 bits per heavy atom. The molecule has 3 atom stereocenters. The maximum Gasteiger partial charge on any atom is 0.255 e. The first-order valence-corrected chi connectivity index (χ1v) is 20.9. The van der Waals surface area contributed by atoms with E-state index in [2.05, 4.69) is 38.2 Å². The lowest BCUT2D eigenvalue weighted by Crippen LogP contribution is -2.52. The quantitative estimate of drug-likeness (QED) is 0.195. The molecule has 4 aromatic carbocycles. The molecule has 11 nitrogen and oxygen atoms in total. The summed E-state index contributed by atoms with van der Waals surface area (Å²) in [7, 11) is 1.65. The van der Waals surface area contributed by atoms with E-state index in [-0.39, 0.29) is 41.6 Å². The van der Waals surface area contributed by atoms with Gasteiger partial charge in [0.15, 0.2) is 0 Å². The number of carbonyl (C=O) groups excluding carboxylic acids is 3. The van der Waals surface area contributed by atoms with E-state index in [0.29, 0.717) is 35.9 Å². The summed E-state index contributed by atoms with van der Waals surface area (Å²) < 4.78 is 28.5. The third kappa shape index (κ3) is 7.47. The Balaban J connectivity index is 0.821. The van der Waals surface area contributed by atoms with Crippen molar-refractivity contribution in [3.05, 3.63) is 112 Å². The van der Waals surface area contributed by atoms with E-state index < -0.39 is 17.6 Å². The second-order valence-electron chi connectivity index (χ2n) is 17.3. The summed E-state index contributed by atoms with van der Waals surface area (Å²) in [6.07, 6.45) is 2.58. The molecule has 2 N–H and O–H groups in total. The van der Waals surface area contributed by atoms with E-state index in [1.165, 1.54) is 0 Å². The van der Waals surface area contributed by atoms with Crippen LogP contribution in [0, 0.1) is 11.7 Å². The summed E-state index contributed by atoms with van der Waals surface area (Å²) in [5.74, 6) is 0.572. The van der Waals surface area contributed by atoms with E-state index in [1.54, 1.807) is 30.2 Å². The number of nitrogens with zero attached hydrogens (tertiary/aromatic N) is 4. The fourth-order valence-corrected chi connectivity index (χ4v) is 10.2. The predicted molar refractivity (Wildman–Crippen MR) is 223 cm³/mol. The van der Waals surface area contributed by atoms with Crippen LogP contribution >= 0.6 is 0 Å². The third-order valence-corrected chi connectivity index (χ3v) is 13.3. The first-order chi connectivity index (χ1) is 28.4. The zero-order valence-electron chi connectivity index (χ0n) is 34.0. The van der Waals surface area contributed by atoms with Crippen molar-refractivity contribution in [3.63, 3.8) is 0 Å². The van der Waals surface area contributed by atoms with Gasteiger partial charge in [-0.05, 0) is 104 Å². The van der Waals surface area contributed by atoms with Gasteiger partial charge in [-0.15, -0.1) is 0 Å². The summed E-state index contributed by atoms with van der Waals surface area (Å²) in [6, 6.07) is 24.3. The average Bonchev–Trinajstić information content (AvgIpc) is 3.55. The minimum atomic E-state index is -0.672. The van der Waals surface area contributed by atoms with Crippen molar-refractivity contribution >= 4 is 29.1 Å². The first kappa shape index (κ1) is 38.9. The van der Waals surface area contributed by atoms with Crippen molar-refractivity contribution in [1.82, 2.24) is 15.1 Å². The number of methoxy groups -OCH3 is 1. The molecule has 59 heavy (non-hydrogen) atoms. The number of ether oxygens (including phenoxy) is 2. The van der Waals surface area contributed by atoms with Crippen LogP contribution in [-0.4, -0.2) is 97.2 Å². The smallest absolute Gasteiger partial charge is 0.255 e. The van der Waals surface area contributed by atoms with Gasteiger partial charge >= 0.3 is 0 Å². The molecule has 12 heteroatoms. The van der Waals surface area contributed by atoms with Crippen molar-refractivity contribution in [2.75, 3.05) is 62.7 Å². The lowest BCUT2D eigenvalue weighted by molar-refractivity contribution is -0.136. The molecule has 5 heterocycles. The normalized spacial score (nSPS) is 23.4. The highest BCUT2D eigenvalue weighted by Gasteiger charge is 2.46. The molecule has 3 amide bonds. The summed E-state index contributed by atoms with van der Waals surface area (Å²) in [5, 5.41) is 12.7. The number of imide groups is 1. The number of aromatic hydroxyl groups is 1. The molecule has 3 fully saturated rings. The molecule has 2 unspecified atom stereocenters. The van der Waals surface area contributed by atoms with Gasteiger partial charge in [-0.2, -0.15) is 0 Å². The molecule has 3 saturated heterocycles. The minimum absolute atomic E-state index is 0.128. The topological polar surface area (TPSA) is 115 Å². The van der Waals surface area contributed by atoms with Gasteiger partial charge in [0.05, 0.1) is 12.8 Å². The highest BCUT2D eigenvalue weighted by atomic mass is 19.1. The average molecular weight is 802 g/mol. The number of fused-ring (bicyclic) bond motifs is 2. The molecule has 9 rings (SSSR count). The lowest BCUT2D eigenvalue weighted by Gasteiger charge is -2.46. The lowest BCUT2D eigenvalue weighted by atomic mass is 9.68. The van der Waals surface area contributed by atoms with Gasteiger partial charge in [-0.25, -0.2) is 4.39 Å². The zero-order valence-corrected chi connectivity index (χ0v) is 34.0. The highest BCUT2D eigenvalue weighted by Crippen LogP contribution is 2.54. The van der Waals surface area contributed by atoms with Gasteiger partial charge in [0.2, 0.25) is 11.8 Å². The molecule has 0 bridgehead atoms. The van der Waals surface area contributed by atoms with Gasteiger partial charge in [0.25, 0.3) is 5.91 Å². The summed E-state index contributed by atoms with van der Waals surface area (Å²) in [6.45, 7) is 10.7. The highest BCUT2D eigenvalue weighted by molar-refractivity contribution is 6.05. The molecule has 0 radical (unpaired) electrons. The number of hydrogen-bond acceptors (Lipinski definition) is 9. The molecule has 5 aliphatic rings. The van der Waals surface area contributed by atoms with Crippen LogP contribution in [0.15, 0.2) is 78.9 Å². The number of rotatable bonds is 8. The van der Waals surface area contributed by atoms with Gasteiger partial charge < -0.3 is 29.3 Å². The van der Waals surface area contributed by atoms with Gasteiger partial charge in [0.1, 0.15) is 34.7 Å². The Kier molecular flexibility index (Phi) is 10.2. The summed E-state index contributed by atoms with van der Waals surface area (Å²) >= 11 is 0. The van der Waals surface area contributed by atoms with Crippen LogP contribution < -0.4 is 24.6 Å². The van der Waals surface area contributed by atoms with Crippen LogP contribution in [0.3, 0.4) is 0 Å². The van der Waals surface area contributed by atoms with Crippen LogP contribution in [0.1, 0.15) is 84.0 Å². The van der Waals surface area contributed by atoms with E-state index in [4.69, 9.17) is 9.47 Å². The van der Waals surface area contributed by atoms with Gasteiger partial charge in [-0.3, -0.25) is 24.6 Å². The molecular formula is C47H52FN5O6. The van der Waals surface area contributed by atoms with Crippen molar-refractivity contribution < 1.29 is 33.4 Å². The monoisotopic (exact) mass is 801 g/mol.